The molecule has 1 heteroatoms. The fourth-order valence-corrected chi connectivity index (χ4v) is 3.08. The van der Waals surface area contributed by atoms with Crippen LogP contribution < -0.4 is 0 Å². The Hall–Kier alpha value is -0.0400. The molecule has 122 valence electrons. The van der Waals surface area contributed by atoms with Crippen LogP contribution in [0, 0.1) is 11.8 Å². The molecule has 0 radical (unpaired) electrons. The van der Waals surface area contributed by atoms with E-state index in [0.717, 1.165) is 17.9 Å². The first-order valence-electron chi connectivity index (χ1n) is 9.25. The molecule has 0 saturated heterocycles. The number of rotatable bonds is 13. The number of unbranched alkanes of at least 4 members (excludes halogenated alkanes) is 4. The molecule has 0 spiro atoms. The topological polar surface area (TPSA) is 3.24 Å². The normalized spacial score (nSPS) is 12.3. The van der Waals surface area contributed by atoms with Crippen molar-refractivity contribution in [1.82, 2.24) is 4.90 Å². The average Bonchev–Trinajstić information content (AvgIpc) is 2.35. The minimum absolute atomic E-state index is 0.786. The molecule has 0 aromatic heterocycles. The summed E-state index contributed by atoms with van der Waals surface area (Å²) in [4.78, 5) is 2.81. The van der Waals surface area contributed by atoms with Gasteiger partial charge in [-0.15, -0.1) is 0 Å². The van der Waals surface area contributed by atoms with E-state index >= 15 is 0 Å². The van der Waals surface area contributed by atoms with Crippen molar-refractivity contribution in [1.29, 1.82) is 0 Å². The van der Waals surface area contributed by atoms with Gasteiger partial charge in [-0.05, 0) is 24.7 Å². The Bertz CT molecular complexity index is 178. The van der Waals surface area contributed by atoms with Crippen LogP contribution >= 0.6 is 0 Å². The van der Waals surface area contributed by atoms with Crippen molar-refractivity contribution in [2.45, 2.75) is 99.0 Å². The van der Waals surface area contributed by atoms with E-state index < -0.39 is 0 Å². The molecule has 0 aliphatic rings. The van der Waals surface area contributed by atoms with Crippen LogP contribution in [0.4, 0.5) is 0 Å². The zero-order valence-electron chi connectivity index (χ0n) is 15.3. The molecule has 0 fully saturated rings. The fraction of sp³-hybridized carbons (Fsp3) is 1.00. The Kier molecular flexibility index (Phi) is 12.7. The van der Waals surface area contributed by atoms with Gasteiger partial charge in [-0.2, -0.15) is 0 Å². The summed E-state index contributed by atoms with van der Waals surface area (Å²) in [7, 11) is 0. The molecule has 0 rings (SSSR count). The minimum atomic E-state index is 0.786. The first-order chi connectivity index (χ1) is 9.51. The van der Waals surface area contributed by atoms with Gasteiger partial charge in [-0.1, -0.05) is 80.1 Å². The molecule has 0 bridgehead atoms. The van der Waals surface area contributed by atoms with Gasteiger partial charge in [0.05, 0.1) is 0 Å². The summed E-state index contributed by atoms with van der Waals surface area (Å²) < 4.78 is 0. The second kappa shape index (κ2) is 12.7. The Morgan fingerprint density at radius 1 is 0.650 bits per heavy atom. The third kappa shape index (κ3) is 10.7. The van der Waals surface area contributed by atoms with Crippen molar-refractivity contribution in [3.8, 4) is 0 Å². The van der Waals surface area contributed by atoms with E-state index in [2.05, 4.69) is 46.4 Å². The second-order valence-electron chi connectivity index (χ2n) is 7.39. The summed E-state index contributed by atoms with van der Waals surface area (Å²) in [5.41, 5.74) is 0. The zero-order chi connectivity index (χ0) is 15.4. The molecule has 0 aromatic rings. The maximum atomic E-state index is 2.81. The largest absolute Gasteiger partial charge is 0.300 e. The number of nitrogens with zero attached hydrogens (tertiary/aromatic N) is 1. The highest BCUT2D eigenvalue weighted by molar-refractivity contribution is 4.74. The number of hydrogen-bond acceptors (Lipinski definition) is 1. The van der Waals surface area contributed by atoms with Gasteiger partial charge in [0.1, 0.15) is 0 Å². The highest BCUT2D eigenvalue weighted by atomic mass is 15.2. The van der Waals surface area contributed by atoms with Crippen LogP contribution in [-0.2, 0) is 0 Å². The minimum Gasteiger partial charge on any atom is -0.300 e. The van der Waals surface area contributed by atoms with Crippen LogP contribution in [0.3, 0.4) is 0 Å². The maximum absolute atomic E-state index is 2.81. The first kappa shape index (κ1) is 20.0. The molecule has 1 nitrogen and oxygen atoms in total. The summed E-state index contributed by atoms with van der Waals surface area (Å²) in [5, 5.41) is 0. The van der Waals surface area contributed by atoms with E-state index in [9.17, 15) is 0 Å². The molecule has 0 aromatic carbocycles. The van der Waals surface area contributed by atoms with Crippen LogP contribution in [0.2, 0.25) is 0 Å². The quantitative estimate of drug-likeness (QED) is 0.367. The molecule has 0 unspecified atom stereocenters. The molecule has 0 heterocycles. The van der Waals surface area contributed by atoms with E-state index in [-0.39, 0.29) is 0 Å². The third-order valence-corrected chi connectivity index (χ3v) is 4.00. The second-order valence-corrected chi connectivity index (χ2v) is 7.39. The lowest BCUT2D eigenvalue weighted by Gasteiger charge is -2.34. The van der Waals surface area contributed by atoms with Crippen molar-refractivity contribution >= 4 is 0 Å². The molecule has 0 saturated carbocycles. The lowest BCUT2D eigenvalue weighted by atomic mass is 9.98. The number of hydrogen-bond donors (Lipinski definition) is 0. The summed E-state index contributed by atoms with van der Waals surface area (Å²) in [5.74, 6) is 1.57. The molecular formula is C19H41N. The van der Waals surface area contributed by atoms with Crippen molar-refractivity contribution in [3.05, 3.63) is 0 Å². The van der Waals surface area contributed by atoms with Gasteiger partial charge in [-0.25, -0.2) is 0 Å². The van der Waals surface area contributed by atoms with Crippen LogP contribution in [-0.4, -0.2) is 24.0 Å². The predicted octanol–water partition coefficient (Wildman–Crippen LogP) is 6.13. The van der Waals surface area contributed by atoms with Crippen molar-refractivity contribution in [2.75, 3.05) is 13.1 Å². The Morgan fingerprint density at radius 3 is 1.35 bits per heavy atom. The summed E-state index contributed by atoms with van der Waals surface area (Å²) >= 11 is 0. The van der Waals surface area contributed by atoms with Gasteiger partial charge < -0.3 is 0 Å². The van der Waals surface area contributed by atoms with Gasteiger partial charge in [0.2, 0.25) is 0 Å². The third-order valence-electron chi connectivity index (χ3n) is 4.00. The predicted molar refractivity (Wildman–Crippen MR) is 93.3 cm³/mol. The summed E-state index contributed by atoms with van der Waals surface area (Å²) in [6.45, 7) is 16.6. The van der Waals surface area contributed by atoms with Gasteiger partial charge >= 0.3 is 0 Å². The average molecular weight is 284 g/mol. The smallest absolute Gasteiger partial charge is 0.00954 e. The molecule has 0 aliphatic carbocycles. The van der Waals surface area contributed by atoms with E-state index in [1.165, 1.54) is 64.5 Å². The monoisotopic (exact) mass is 283 g/mol. The lowest BCUT2D eigenvalue weighted by Crippen LogP contribution is -2.40. The molecule has 0 N–H and O–H groups in total. The zero-order valence-corrected chi connectivity index (χ0v) is 15.3. The Morgan fingerprint density at radius 2 is 1.05 bits per heavy atom. The van der Waals surface area contributed by atoms with E-state index in [4.69, 9.17) is 0 Å². The fourth-order valence-electron chi connectivity index (χ4n) is 3.08. The highest BCUT2D eigenvalue weighted by Gasteiger charge is 2.19. The molecule has 0 aliphatic heterocycles. The molecular weight excluding hydrogens is 242 g/mol. The summed E-state index contributed by atoms with van der Waals surface area (Å²) in [6.07, 6.45) is 11.2. The van der Waals surface area contributed by atoms with E-state index in [1.54, 1.807) is 0 Å². The van der Waals surface area contributed by atoms with Crippen LogP contribution in [0.25, 0.3) is 0 Å². The Balaban J connectivity index is 4.50. The van der Waals surface area contributed by atoms with Gasteiger partial charge in [0.25, 0.3) is 0 Å². The van der Waals surface area contributed by atoms with Gasteiger partial charge in [0.15, 0.2) is 0 Å². The van der Waals surface area contributed by atoms with Gasteiger partial charge in [-0.3, -0.25) is 4.90 Å². The maximum Gasteiger partial charge on any atom is 0.00954 e. The van der Waals surface area contributed by atoms with Crippen LogP contribution in [0.15, 0.2) is 0 Å². The summed E-state index contributed by atoms with van der Waals surface area (Å²) in [6, 6.07) is 0.831. The van der Waals surface area contributed by atoms with Gasteiger partial charge in [0, 0.05) is 19.1 Å². The standard InChI is InChI=1S/C19H41N/c1-7-9-11-13-19(14-12-10-8-2)20(15-17(3)4)16-18(5)6/h17-19H,7-16H2,1-6H3. The molecule has 20 heavy (non-hydrogen) atoms. The molecule has 0 amide bonds. The SMILES string of the molecule is CCCCCC(CCCCC)N(CC(C)C)CC(C)C. The lowest BCUT2D eigenvalue weighted by molar-refractivity contribution is 0.136. The van der Waals surface area contributed by atoms with Crippen molar-refractivity contribution in [2.24, 2.45) is 11.8 Å². The van der Waals surface area contributed by atoms with Crippen LogP contribution in [0.5, 0.6) is 0 Å². The van der Waals surface area contributed by atoms with Crippen LogP contribution in [0.1, 0.15) is 92.9 Å². The van der Waals surface area contributed by atoms with Crippen molar-refractivity contribution < 1.29 is 0 Å². The van der Waals surface area contributed by atoms with Crippen molar-refractivity contribution in [3.63, 3.8) is 0 Å². The molecule has 0 atom stereocenters. The van der Waals surface area contributed by atoms with E-state index in [0.29, 0.717) is 0 Å². The van der Waals surface area contributed by atoms with E-state index in [1.807, 2.05) is 0 Å². The Labute approximate surface area is 129 Å². The highest BCUT2D eigenvalue weighted by Crippen LogP contribution is 2.19. The first-order valence-corrected chi connectivity index (χ1v) is 9.25.